The third-order valence-electron chi connectivity index (χ3n) is 5.24. The molecule has 2 aliphatic carbocycles. The van der Waals surface area contributed by atoms with Crippen molar-refractivity contribution in [3.8, 4) is 0 Å². The summed E-state index contributed by atoms with van der Waals surface area (Å²) in [4.78, 5) is 12.5. The van der Waals surface area contributed by atoms with Gasteiger partial charge in [-0.25, -0.2) is 4.79 Å². The van der Waals surface area contributed by atoms with E-state index in [4.69, 9.17) is 4.42 Å². The lowest BCUT2D eigenvalue weighted by atomic mass is 9.99. The standard InChI is InChI=1S/C20H24N2O3S/c1-20(2,24)14-10-17(25-11-14)26-22-19(23)21-18-15-7-3-5-12(15)9-13-6-4-8-16(13)18/h9-11,24H,3-8H2,1-2H3,(H2,21,22,23). The summed E-state index contributed by atoms with van der Waals surface area (Å²) < 4.78 is 8.19. The van der Waals surface area contributed by atoms with Gasteiger partial charge in [-0.15, -0.1) is 0 Å². The van der Waals surface area contributed by atoms with Gasteiger partial charge in [-0.1, -0.05) is 6.07 Å². The van der Waals surface area contributed by atoms with Crippen LogP contribution in [0.25, 0.3) is 0 Å². The number of aryl methyl sites for hydroxylation is 2. The number of anilines is 1. The molecule has 138 valence electrons. The number of urea groups is 1. The van der Waals surface area contributed by atoms with Crippen LogP contribution in [0.15, 0.2) is 27.9 Å². The molecule has 4 rings (SSSR count). The van der Waals surface area contributed by atoms with Gasteiger partial charge in [0.2, 0.25) is 0 Å². The van der Waals surface area contributed by atoms with Crippen molar-refractivity contribution in [3.05, 3.63) is 46.2 Å². The molecule has 2 aliphatic rings. The molecular weight excluding hydrogens is 348 g/mol. The van der Waals surface area contributed by atoms with Gasteiger partial charge in [0.25, 0.3) is 0 Å². The molecule has 1 aromatic carbocycles. The van der Waals surface area contributed by atoms with Crippen LogP contribution in [-0.2, 0) is 31.3 Å². The van der Waals surface area contributed by atoms with Gasteiger partial charge < -0.3 is 14.8 Å². The zero-order valence-electron chi connectivity index (χ0n) is 15.1. The maximum Gasteiger partial charge on any atom is 0.329 e. The molecule has 0 aliphatic heterocycles. The summed E-state index contributed by atoms with van der Waals surface area (Å²) in [6.45, 7) is 3.39. The Balaban J connectivity index is 1.45. The first-order chi connectivity index (χ1) is 12.4. The molecule has 2 aromatic rings. The minimum absolute atomic E-state index is 0.245. The van der Waals surface area contributed by atoms with E-state index in [0.717, 1.165) is 56.2 Å². The van der Waals surface area contributed by atoms with E-state index in [1.807, 2.05) is 0 Å². The van der Waals surface area contributed by atoms with Gasteiger partial charge in [0.15, 0.2) is 5.09 Å². The number of amides is 2. The first-order valence-corrected chi connectivity index (χ1v) is 9.95. The molecule has 6 heteroatoms. The highest BCUT2D eigenvalue weighted by molar-refractivity contribution is 7.97. The van der Waals surface area contributed by atoms with E-state index in [0.29, 0.717) is 10.7 Å². The summed E-state index contributed by atoms with van der Waals surface area (Å²) in [6, 6.07) is 3.84. The van der Waals surface area contributed by atoms with E-state index in [9.17, 15) is 9.90 Å². The van der Waals surface area contributed by atoms with Crippen molar-refractivity contribution in [2.75, 3.05) is 5.32 Å². The number of nitrogens with one attached hydrogen (secondary N) is 2. The minimum Gasteiger partial charge on any atom is -0.456 e. The van der Waals surface area contributed by atoms with Crippen molar-refractivity contribution in [2.24, 2.45) is 0 Å². The molecule has 0 spiro atoms. The van der Waals surface area contributed by atoms with E-state index in [1.54, 1.807) is 19.9 Å². The smallest absolute Gasteiger partial charge is 0.329 e. The number of rotatable bonds is 4. The van der Waals surface area contributed by atoms with Gasteiger partial charge in [0.1, 0.15) is 0 Å². The molecule has 0 unspecified atom stereocenters. The van der Waals surface area contributed by atoms with Crippen LogP contribution in [-0.4, -0.2) is 11.1 Å². The molecule has 1 aromatic heterocycles. The molecule has 5 nitrogen and oxygen atoms in total. The lowest BCUT2D eigenvalue weighted by Crippen LogP contribution is -2.24. The molecule has 26 heavy (non-hydrogen) atoms. The summed E-state index contributed by atoms with van der Waals surface area (Å²) in [5, 5.41) is 13.6. The predicted octanol–water partition coefficient (Wildman–Crippen LogP) is 4.31. The van der Waals surface area contributed by atoms with Crippen LogP contribution in [0.1, 0.15) is 54.5 Å². The van der Waals surface area contributed by atoms with Gasteiger partial charge in [0, 0.05) is 23.2 Å². The van der Waals surface area contributed by atoms with E-state index < -0.39 is 5.60 Å². The number of aliphatic hydroxyl groups is 1. The fraction of sp³-hybridized carbons (Fsp3) is 0.450. The number of carbonyl (C=O) groups excluding carboxylic acids is 1. The van der Waals surface area contributed by atoms with Crippen LogP contribution in [0.5, 0.6) is 0 Å². The van der Waals surface area contributed by atoms with Crippen LogP contribution in [0.2, 0.25) is 0 Å². The molecule has 0 radical (unpaired) electrons. The molecule has 0 atom stereocenters. The molecule has 0 bridgehead atoms. The molecule has 0 saturated heterocycles. The highest BCUT2D eigenvalue weighted by Crippen LogP contribution is 2.38. The second-order valence-corrected chi connectivity index (χ2v) is 8.42. The van der Waals surface area contributed by atoms with Crippen molar-refractivity contribution < 1.29 is 14.3 Å². The number of hydrogen-bond donors (Lipinski definition) is 3. The second-order valence-electron chi connectivity index (χ2n) is 7.61. The quantitative estimate of drug-likeness (QED) is 0.699. The number of carbonyl (C=O) groups is 1. The average Bonchev–Trinajstić information content (AvgIpc) is 3.31. The Morgan fingerprint density at radius 1 is 1.12 bits per heavy atom. The van der Waals surface area contributed by atoms with Gasteiger partial charge in [-0.3, -0.25) is 4.72 Å². The summed E-state index contributed by atoms with van der Waals surface area (Å²) in [5.41, 5.74) is 6.17. The van der Waals surface area contributed by atoms with E-state index in [1.165, 1.54) is 28.5 Å². The average molecular weight is 372 g/mol. The zero-order chi connectivity index (χ0) is 18.3. The first-order valence-electron chi connectivity index (χ1n) is 9.13. The first kappa shape index (κ1) is 17.5. The van der Waals surface area contributed by atoms with E-state index in [2.05, 4.69) is 16.1 Å². The Bertz CT molecular complexity index is 819. The fourth-order valence-corrected chi connectivity index (χ4v) is 4.42. The largest absolute Gasteiger partial charge is 0.456 e. The van der Waals surface area contributed by atoms with Crippen LogP contribution < -0.4 is 10.0 Å². The monoisotopic (exact) mass is 372 g/mol. The third kappa shape index (κ3) is 3.35. The Morgan fingerprint density at radius 2 is 1.77 bits per heavy atom. The van der Waals surface area contributed by atoms with E-state index >= 15 is 0 Å². The maximum absolute atomic E-state index is 12.5. The maximum atomic E-state index is 12.5. The van der Waals surface area contributed by atoms with Crippen LogP contribution in [0, 0.1) is 0 Å². The molecule has 2 amide bonds. The zero-order valence-corrected chi connectivity index (χ0v) is 16.0. The number of benzene rings is 1. The number of hydrogen-bond acceptors (Lipinski definition) is 4. The topological polar surface area (TPSA) is 74.5 Å². The summed E-state index contributed by atoms with van der Waals surface area (Å²) in [7, 11) is 0. The molecule has 3 N–H and O–H groups in total. The predicted molar refractivity (Wildman–Crippen MR) is 102 cm³/mol. The molecular formula is C20H24N2O3S. The highest BCUT2D eigenvalue weighted by Gasteiger charge is 2.25. The Kier molecular flexibility index (Phi) is 4.49. The SMILES string of the molecule is CC(C)(O)c1coc(SNC(=O)Nc2c3c(cc4c2CCC4)CCC3)c1. The van der Waals surface area contributed by atoms with Crippen LogP contribution >= 0.6 is 11.9 Å². The summed E-state index contributed by atoms with van der Waals surface area (Å²) in [6.07, 6.45) is 8.14. The van der Waals surface area contributed by atoms with Gasteiger partial charge in [-0.2, -0.15) is 0 Å². The number of fused-ring (bicyclic) bond motifs is 2. The molecule has 0 fully saturated rings. The van der Waals surface area contributed by atoms with Gasteiger partial charge in [0.05, 0.1) is 11.9 Å². The summed E-state index contributed by atoms with van der Waals surface area (Å²) in [5.74, 6) is 0. The molecule has 1 heterocycles. The van der Waals surface area contributed by atoms with Crippen molar-refractivity contribution in [1.82, 2.24) is 4.72 Å². The van der Waals surface area contributed by atoms with Crippen molar-refractivity contribution in [3.63, 3.8) is 0 Å². The van der Waals surface area contributed by atoms with E-state index in [-0.39, 0.29) is 6.03 Å². The normalized spacial score (nSPS) is 15.7. The third-order valence-corrected chi connectivity index (χ3v) is 5.94. The Morgan fingerprint density at radius 3 is 2.35 bits per heavy atom. The fourth-order valence-electron chi connectivity index (χ4n) is 3.89. The van der Waals surface area contributed by atoms with Crippen molar-refractivity contribution in [2.45, 2.75) is 63.1 Å². The van der Waals surface area contributed by atoms with Crippen molar-refractivity contribution >= 4 is 23.7 Å². The Hall–Kier alpha value is -1.92. The minimum atomic E-state index is -0.963. The van der Waals surface area contributed by atoms with Crippen molar-refractivity contribution in [1.29, 1.82) is 0 Å². The van der Waals surface area contributed by atoms with Crippen LogP contribution in [0.3, 0.4) is 0 Å². The lowest BCUT2D eigenvalue weighted by Gasteiger charge is -2.16. The van der Waals surface area contributed by atoms with Gasteiger partial charge >= 0.3 is 6.03 Å². The molecule has 0 saturated carbocycles. The van der Waals surface area contributed by atoms with Gasteiger partial charge in [-0.05, 0) is 80.7 Å². The Labute approximate surface area is 157 Å². The van der Waals surface area contributed by atoms with Crippen LogP contribution in [0.4, 0.5) is 10.5 Å². The summed E-state index contributed by atoms with van der Waals surface area (Å²) >= 11 is 1.11. The number of furan rings is 1. The second kappa shape index (κ2) is 6.67. The lowest BCUT2D eigenvalue weighted by molar-refractivity contribution is 0.0779. The highest BCUT2D eigenvalue weighted by atomic mass is 32.2.